The minimum absolute atomic E-state index is 0.0326. The zero-order valence-corrected chi connectivity index (χ0v) is 8.00. The molecule has 13 heavy (non-hydrogen) atoms. The second kappa shape index (κ2) is 4.23. The van der Waals surface area contributed by atoms with Crippen molar-refractivity contribution < 1.29 is 4.39 Å². The highest BCUT2D eigenvalue weighted by molar-refractivity contribution is 5.53. The van der Waals surface area contributed by atoms with Gasteiger partial charge in [0.25, 0.3) is 0 Å². The number of alkyl halides is 1. The lowest BCUT2D eigenvalue weighted by atomic mass is 10.1. The first kappa shape index (κ1) is 9.99. The van der Waals surface area contributed by atoms with Crippen LogP contribution in [0.1, 0.15) is 11.7 Å². The Bertz CT molecular complexity index is 273. The fourth-order valence-corrected chi connectivity index (χ4v) is 1.29. The van der Waals surface area contributed by atoms with E-state index in [1.807, 2.05) is 37.2 Å². The molecular formula is C10H15FN2. The average Bonchev–Trinajstić information content (AvgIpc) is 2.16. The summed E-state index contributed by atoms with van der Waals surface area (Å²) in [5.41, 5.74) is 6.83. The summed E-state index contributed by atoms with van der Waals surface area (Å²) in [6.07, 6.45) is -1.07. The summed E-state index contributed by atoms with van der Waals surface area (Å²) in [6.45, 7) is 0.0326. The number of rotatable bonds is 3. The van der Waals surface area contributed by atoms with E-state index in [1.54, 1.807) is 6.07 Å². The molecule has 0 bridgehead atoms. The van der Waals surface area contributed by atoms with E-state index in [2.05, 4.69) is 0 Å². The molecule has 1 aromatic carbocycles. The molecule has 3 heteroatoms. The van der Waals surface area contributed by atoms with Crippen molar-refractivity contribution in [3.63, 3.8) is 0 Å². The van der Waals surface area contributed by atoms with E-state index in [4.69, 9.17) is 5.73 Å². The summed E-state index contributed by atoms with van der Waals surface area (Å²) in [4.78, 5) is 1.89. The molecule has 1 rings (SSSR count). The highest BCUT2D eigenvalue weighted by Gasteiger charge is 2.12. The van der Waals surface area contributed by atoms with Crippen LogP contribution in [0.15, 0.2) is 24.3 Å². The number of hydrogen-bond donors (Lipinski definition) is 1. The summed E-state index contributed by atoms with van der Waals surface area (Å²) in [5, 5.41) is 0. The van der Waals surface area contributed by atoms with Gasteiger partial charge in [-0.15, -0.1) is 0 Å². The zero-order chi connectivity index (χ0) is 9.84. The lowest BCUT2D eigenvalue weighted by molar-refractivity contribution is 0.353. The summed E-state index contributed by atoms with van der Waals surface area (Å²) in [6, 6.07) is 7.37. The lowest BCUT2D eigenvalue weighted by Crippen LogP contribution is -2.15. The topological polar surface area (TPSA) is 29.3 Å². The van der Waals surface area contributed by atoms with Crippen LogP contribution in [0.25, 0.3) is 0 Å². The van der Waals surface area contributed by atoms with E-state index in [0.29, 0.717) is 5.56 Å². The number of para-hydroxylation sites is 1. The molecule has 0 aliphatic rings. The third-order valence-corrected chi connectivity index (χ3v) is 1.96. The molecule has 0 saturated heterocycles. The van der Waals surface area contributed by atoms with Crippen LogP contribution in [0.5, 0.6) is 0 Å². The number of hydrogen-bond acceptors (Lipinski definition) is 2. The molecule has 0 aromatic heterocycles. The Morgan fingerprint density at radius 2 is 2.00 bits per heavy atom. The molecule has 0 amide bonds. The predicted molar refractivity (Wildman–Crippen MR) is 53.7 cm³/mol. The van der Waals surface area contributed by atoms with E-state index in [0.717, 1.165) is 5.69 Å². The number of benzene rings is 1. The van der Waals surface area contributed by atoms with Gasteiger partial charge in [-0.05, 0) is 6.07 Å². The van der Waals surface area contributed by atoms with E-state index < -0.39 is 6.17 Å². The Balaban J connectivity index is 3.04. The summed E-state index contributed by atoms with van der Waals surface area (Å²) < 4.78 is 13.3. The van der Waals surface area contributed by atoms with Crippen LogP contribution in [0.3, 0.4) is 0 Å². The van der Waals surface area contributed by atoms with E-state index >= 15 is 0 Å². The number of nitrogens with zero attached hydrogens (tertiary/aromatic N) is 1. The van der Waals surface area contributed by atoms with Crippen molar-refractivity contribution in [3.05, 3.63) is 29.8 Å². The largest absolute Gasteiger partial charge is 0.377 e. The van der Waals surface area contributed by atoms with Crippen molar-refractivity contribution in [2.24, 2.45) is 5.73 Å². The van der Waals surface area contributed by atoms with Gasteiger partial charge >= 0.3 is 0 Å². The van der Waals surface area contributed by atoms with E-state index in [1.165, 1.54) is 0 Å². The third-order valence-electron chi connectivity index (χ3n) is 1.96. The average molecular weight is 182 g/mol. The van der Waals surface area contributed by atoms with Gasteiger partial charge in [-0.3, -0.25) is 0 Å². The molecule has 0 heterocycles. The second-order valence-corrected chi connectivity index (χ2v) is 3.16. The Labute approximate surface area is 78.2 Å². The van der Waals surface area contributed by atoms with Crippen LogP contribution in [-0.4, -0.2) is 20.6 Å². The van der Waals surface area contributed by atoms with E-state index in [9.17, 15) is 4.39 Å². The minimum Gasteiger partial charge on any atom is -0.377 e. The van der Waals surface area contributed by atoms with Crippen LogP contribution < -0.4 is 10.6 Å². The van der Waals surface area contributed by atoms with Gasteiger partial charge in [0.05, 0.1) is 0 Å². The van der Waals surface area contributed by atoms with Gasteiger partial charge in [-0.1, -0.05) is 18.2 Å². The highest BCUT2D eigenvalue weighted by atomic mass is 19.1. The minimum atomic E-state index is -1.07. The maximum atomic E-state index is 13.3. The third kappa shape index (κ3) is 2.18. The molecular weight excluding hydrogens is 167 g/mol. The standard InChI is InChI=1S/C10H15FN2/c1-13(2)10-6-4-3-5-8(10)9(11)7-12/h3-6,9H,7,12H2,1-2H3. The maximum Gasteiger partial charge on any atom is 0.139 e. The van der Waals surface area contributed by atoms with E-state index in [-0.39, 0.29) is 6.54 Å². The van der Waals surface area contributed by atoms with Gasteiger partial charge < -0.3 is 10.6 Å². The van der Waals surface area contributed by atoms with Crippen molar-refractivity contribution in [2.75, 3.05) is 25.5 Å². The fraction of sp³-hybridized carbons (Fsp3) is 0.400. The molecule has 1 atom stereocenters. The van der Waals surface area contributed by atoms with Crippen molar-refractivity contribution >= 4 is 5.69 Å². The first-order chi connectivity index (χ1) is 6.16. The zero-order valence-electron chi connectivity index (χ0n) is 8.00. The SMILES string of the molecule is CN(C)c1ccccc1C(F)CN. The number of anilines is 1. The fourth-order valence-electron chi connectivity index (χ4n) is 1.29. The molecule has 72 valence electrons. The predicted octanol–water partition coefficient (Wildman–Crippen LogP) is 1.72. The molecule has 2 nitrogen and oxygen atoms in total. The molecule has 2 N–H and O–H groups in total. The molecule has 0 spiro atoms. The highest BCUT2D eigenvalue weighted by Crippen LogP contribution is 2.26. The summed E-state index contributed by atoms with van der Waals surface area (Å²) in [5.74, 6) is 0. The molecule has 0 fully saturated rings. The number of nitrogens with two attached hydrogens (primary N) is 1. The monoisotopic (exact) mass is 182 g/mol. The van der Waals surface area contributed by atoms with Gasteiger partial charge in [0.15, 0.2) is 0 Å². The van der Waals surface area contributed by atoms with Crippen molar-refractivity contribution in [1.29, 1.82) is 0 Å². The smallest absolute Gasteiger partial charge is 0.139 e. The van der Waals surface area contributed by atoms with Crippen LogP contribution in [-0.2, 0) is 0 Å². The lowest BCUT2D eigenvalue weighted by Gasteiger charge is -2.18. The van der Waals surface area contributed by atoms with Gasteiger partial charge in [0.1, 0.15) is 6.17 Å². The first-order valence-corrected chi connectivity index (χ1v) is 4.27. The molecule has 1 unspecified atom stereocenters. The molecule has 1 aromatic rings. The van der Waals surface area contributed by atoms with Crippen LogP contribution in [0.4, 0.5) is 10.1 Å². The van der Waals surface area contributed by atoms with Gasteiger partial charge in [-0.25, -0.2) is 4.39 Å². The Morgan fingerprint density at radius 3 is 2.54 bits per heavy atom. The van der Waals surface area contributed by atoms with Gasteiger partial charge in [-0.2, -0.15) is 0 Å². The van der Waals surface area contributed by atoms with Gasteiger partial charge in [0, 0.05) is 31.9 Å². The van der Waals surface area contributed by atoms with Crippen molar-refractivity contribution in [2.45, 2.75) is 6.17 Å². The molecule has 0 radical (unpaired) electrons. The molecule has 0 aliphatic carbocycles. The van der Waals surface area contributed by atoms with Crippen LogP contribution in [0, 0.1) is 0 Å². The number of halogens is 1. The Hall–Kier alpha value is -1.09. The summed E-state index contributed by atoms with van der Waals surface area (Å²) >= 11 is 0. The Morgan fingerprint density at radius 1 is 1.38 bits per heavy atom. The molecule has 0 saturated carbocycles. The quantitative estimate of drug-likeness (QED) is 0.771. The Kier molecular flexibility index (Phi) is 3.25. The maximum absolute atomic E-state index is 13.3. The van der Waals surface area contributed by atoms with Crippen LogP contribution >= 0.6 is 0 Å². The normalized spacial score (nSPS) is 12.6. The van der Waals surface area contributed by atoms with Crippen molar-refractivity contribution in [3.8, 4) is 0 Å². The van der Waals surface area contributed by atoms with Crippen LogP contribution in [0.2, 0.25) is 0 Å². The second-order valence-electron chi connectivity index (χ2n) is 3.16. The van der Waals surface area contributed by atoms with Gasteiger partial charge in [0.2, 0.25) is 0 Å². The summed E-state index contributed by atoms with van der Waals surface area (Å²) in [7, 11) is 3.78. The molecule has 0 aliphatic heterocycles. The first-order valence-electron chi connectivity index (χ1n) is 4.27. The van der Waals surface area contributed by atoms with Crippen molar-refractivity contribution in [1.82, 2.24) is 0 Å².